The van der Waals surface area contributed by atoms with Gasteiger partial charge in [0.15, 0.2) is 5.78 Å². The van der Waals surface area contributed by atoms with Crippen molar-refractivity contribution in [2.75, 3.05) is 11.6 Å². The van der Waals surface area contributed by atoms with Crippen LogP contribution in [0, 0.1) is 21.4 Å². The predicted molar refractivity (Wildman–Crippen MR) is 57.3 cm³/mol. The summed E-state index contributed by atoms with van der Waals surface area (Å²) in [6, 6.07) is 3.95. The summed E-state index contributed by atoms with van der Waals surface area (Å²) in [6.07, 6.45) is 0. The molecule has 0 aromatic heterocycles. The summed E-state index contributed by atoms with van der Waals surface area (Å²) in [4.78, 5) is 21.4. The van der Waals surface area contributed by atoms with Crippen molar-refractivity contribution in [3.8, 4) is 6.07 Å². The highest BCUT2D eigenvalue weighted by molar-refractivity contribution is 6.31. The zero-order chi connectivity index (χ0) is 12.3. The second kappa shape index (κ2) is 4.59. The van der Waals surface area contributed by atoms with Gasteiger partial charge < -0.3 is 5.73 Å². The van der Waals surface area contributed by atoms with Crippen LogP contribution in [-0.4, -0.2) is 16.6 Å². The molecule has 0 heterocycles. The lowest BCUT2D eigenvalue weighted by Gasteiger charge is -2.04. The molecule has 0 aliphatic rings. The molecule has 1 aromatic rings. The highest BCUT2D eigenvalue weighted by atomic mass is 35.5. The molecule has 0 aliphatic carbocycles. The number of nitrogens with two attached hydrogens (primary N) is 1. The van der Waals surface area contributed by atoms with E-state index in [1.807, 2.05) is 0 Å². The topological polar surface area (TPSA) is 110 Å². The third kappa shape index (κ3) is 1.94. The molecule has 0 unspecified atom stereocenters. The van der Waals surface area contributed by atoms with Crippen molar-refractivity contribution < 1.29 is 9.72 Å². The van der Waals surface area contributed by atoms with Crippen LogP contribution in [0.4, 0.5) is 11.4 Å². The van der Waals surface area contributed by atoms with Gasteiger partial charge in [0.2, 0.25) is 0 Å². The number of nitro benzene ring substituents is 1. The molecule has 1 rings (SSSR count). The first-order valence-corrected chi connectivity index (χ1v) is 4.62. The lowest BCUT2D eigenvalue weighted by molar-refractivity contribution is -0.385. The van der Waals surface area contributed by atoms with Gasteiger partial charge in [-0.15, -0.1) is 11.6 Å². The number of nitro groups is 1. The number of carbonyl (C=O) groups is 1. The van der Waals surface area contributed by atoms with E-state index in [2.05, 4.69) is 0 Å². The second-order valence-electron chi connectivity index (χ2n) is 2.85. The van der Waals surface area contributed by atoms with Crippen LogP contribution < -0.4 is 5.73 Å². The summed E-state index contributed by atoms with van der Waals surface area (Å²) in [5.74, 6) is -1.14. The quantitative estimate of drug-likeness (QED) is 0.282. The average molecular weight is 240 g/mol. The normalized spacial score (nSPS) is 9.50. The minimum atomic E-state index is -0.750. The van der Waals surface area contributed by atoms with E-state index in [0.717, 1.165) is 6.07 Å². The van der Waals surface area contributed by atoms with Crippen LogP contribution in [0.3, 0.4) is 0 Å². The van der Waals surface area contributed by atoms with Crippen LogP contribution in [0.2, 0.25) is 0 Å². The molecule has 0 radical (unpaired) electrons. The number of carbonyl (C=O) groups excluding carboxylic acids is 1. The Hall–Kier alpha value is -2.13. The van der Waals surface area contributed by atoms with Gasteiger partial charge in [-0.1, -0.05) is 0 Å². The first-order valence-electron chi connectivity index (χ1n) is 4.09. The van der Waals surface area contributed by atoms with Crippen LogP contribution >= 0.6 is 11.6 Å². The lowest BCUT2D eigenvalue weighted by atomic mass is 10.0. The Morgan fingerprint density at radius 2 is 2.25 bits per heavy atom. The van der Waals surface area contributed by atoms with Gasteiger partial charge in [0.05, 0.1) is 22.1 Å². The molecular formula is C9H6ClN3O3. The zero-order valence-corrected chi connectivity index (χ0v) is 8.69. The Morgan fingerprint density at radius 3 is 2.69 bits per heavy atom. The zero-order valence-electron chi connectivity index (χ0n) is 7.94. The lowest BCUT2D eigenvalue weighted by Crippen LogP contribution is -2.09. The number of anilines is 1. The highest BCUT2D eigenvalue weighted by Crippen LogP contribution is 2.27. The fourth-order valence-electron chi connectivity index (χ4n) is 1.23. The monoisotopic (exact) mass is 239 g/mol. The molecule has 0 saturated heterocycles. The number of benzene rings is 1. The van der Waals surface area contributed by atoms with Gasteiger partial charge in [-0.25, -0.2) is 0 Å². The Bertz CT molecular complexity index is 507. The number of nitriles is 1. The number of alkyl halides is 1. The minimum absolute atomic E-state index is 0.0153. The fourth-order valence-corrected chi connectivity index (χ4v) is 1.36. The summed E-state index contributed by atoms with van der Waals surface area (Å²) >= 11 is 5.32. The van der Waals surface area contributed by atoms with Gasteiger partial charge in [0.1, 0.15) is 11.6 Å². The smallest absolute Gasteiger partial charge is 0.281 e. The van der Waals surface area contributed by atoms with Crippen molar-refractivity contribution in [1.29, 1.82) is 5.26 Å². The van der Waals surface area contributed by atoms with Gasteiger partial charge in [0, 0.05) is 6.07 Å². The summed E-state index contributed by atoms with van der Waals surface area (Å²) in [5.41, 5.74) is 4.47. The number of hydrogen-bond donors (Lipinski definition) is 1. The van der Waals surface area contributed by atoms with Crippen LogP contribution in [-0.2, 0) is 0 Å². The Balaban J connectivity index is 3.62. The number of rotatable bonds is 3. The number of nitrogens with zero attached hydrogens (tertiary/aromatic N) is 2. The van der Waals surface area contributed by atoms with Gasteiger partial charge >= 0.3 is 0 Å². The van der Waals surface area contributed by atoms with E-state index in [1.165, 1.54) is 6.07 Å². The highest BCUT2D eigenvalue weighted by Gasteiger charge is 2.25. The summed E-state index contributed by atoms with van der Waals surface area (Å²) < 4.78 is 0. The molecular weight excluding hydrogens is 234 g/mol. The molecule has 0 amide bonds. The van der Waals surface area contributed by atoms with Gasteiger partial charge in [-0.05, 0) is 6.07 Å². The van der Waals surface area contributed by atoms with E-state index in [1.54, 1.807) is 6.07 Å². The number of halogens is 1. The Kier molecular flexibility index (Phi) is 3.43. The molecule has 16 heavy (non-hydrogen) atoms. The van der Waals surface area contributed by atoms with E-state index < -0.39 is 22.3 Å². The molecule has 0 spiro atoms. The first kappa shape index (κ1) is 11.9. The second-order valence-corrected chi connectivity index (χ2v) is 3.12. The molecule has 6 nitrogen and oxygen atoms in total. The van der Waals surface area contributed by atoms with E-state index in [4.69, 9.17) is 22.6 Å². The maximum Gasteiger partial charge on any atom is 0.281 e. The van der Waals surface area contributed by atoms with Crippen molar-refractivity contribution >= 4 is 28.8 Å². The summed E-state index contributed by atoms with van der Waals surface area (Å²) in [6.45, 7) is 0. The summed E-state index contributed by atoms with van der Waals surface area (Å²) in [7, 11) is 0. The molecule has 0 bridgehead atoms. The average Bonchev–Trinajstić information content (AvgIpc) is 2.27. The fraction of sp³-hybridized carbons (Fsp3) is 0.111. The maximum absolute atomic E-state index is 11.4. The SMILES string of the molecule is N#Cc1c(N)ccc([N+](=O)[O-])c1C(=O)CCl. The summed E-state index contributed by atoms with van der Waals surface area (Å²) in [5, 5.41) is 19.5. The molecule has 7 heteroatoms. The van der Waals surface area contributed by atoms with Gasteiger partial charge in [-0.3, -0.25) is 14.9 Å². The predicted octanol–water partition coefficient (Wildman–Crippen LogP) is 1.47. The number of nitrogen functional groups attached to an aromatic ring is 1. The van der Waals surface area contributed by atoms with E-state index in [-0.39, 0.29) is 16.8 Å². The van der Waals surface area contributed by atoms with Crippen LogP contribution in [0.15, 0.2) is 12.1 Å². The molecule has 0 aliphatic heterocycles. The van der Waals surface area contributed by atoms with Crippen molar-refractivity contribution in [2.45, 2.75) is 0 Å². The van der Waals surface area contributed by atoms with Crippen LogP contribution in [0.25, 0.3) is 0 Å². The molecule has 0 fully saturated rings. The van der Waals surface area contributed by atoms with Crippen LogP contribution in [0.5, 0.6) is 0 Å². The molecule has 0 saturated carbocycles. The van der Waals surface area contributed by atoms with Crippen molar-refractivity contribution in [3.63, 3.8) is 0 Å². The number of hydrogen-bond acceptors (Lipinski definition) is 5. The third-order valence-electron chi connectivity index (χ3n) is 1.92. The first-order chi connectivity index (χ1) is 7.52. The standard InChI is InChI=1S/C9H6ClN3O3/c10-3-8(14)9-5(4-11)6(12)1-2-7(9)13(15)16/h1-2H,3,12H2. The largest absolute Gasteiger partial charge is 0.398 e. The van der Waals surface area contributed by atoms with E-state index in [0.29, 0.717) is 0 Å². The van der Waals surface area contributed by atoms with Gasteiger partial charge in [-0.2, -0.15) is 5.26 Å². The van der Waals surface area contributed by atoms with E-state index >= 15 is 0 Å². The minimum Gasteiger partial charge on any atom is -0.398 e. The van der Waals surface area contributed by atoms with Crippen LogP contribution in [0.1, 0.15) is 15.9 Å². The van der Waals surface area contributed by atoms with Crippen molar-refractivity contribution in [3.05, 3.63) is 33.4 Å². The molecule has 82 valence electrons. The maximum atomic E-state index is 11.4. The molecule has 0 atom stereocenters. The molecule has 2 N–H and O–H groups in total. The van der Waals surface area contributed by atoms with E-state index in [9.17, 15) is 14.9 Å². The molecule has 1 aromatic carbocycles. The Labute approximate surface area is 95.4 Å². The Morgan fingerprint density at radius 1 is 1.62 bits per heavy atom. The third-order valence-corrected chi connectivity index (χ3v) is 2.17. The van der Waals surface area contributed by atoms with Gasteiger partial charge in [0.25, 0.3) is 5.69 Å². The van der Waals surface area contributed by atoms with Crippen molar-refractivity contribution in [2.24, 2.45) is 0 Å². The number of ketones is 1. The number of Topliss-reactive ketones (excluding diaryl/α,β-unsaturated/α-hetero) is 1. The van der Waals surface area contributed by atoms with Crippen molar-refractivity contribution in [1.82, 2.24) is 0 Å².